The van der Waals surface area contributed by atoms with Crippen LogP contribution in [-0.4, -0.2) is 25.8 Å². The van der Waals surface area contributed by atoms with Crippen LogP contribution in [0.1, 0.15) is 24.5 Å². The van der Waals surface area contributed by atoms with Gasteiger partial charge in [-0.3, -0.25) is 0 Å². The molecule has 0 saturated carbocycles. The Morgan fingerprint density at radius 1 is 1.30 bits per heavy atom. The Hall–Kier alpha value is -1.07. The summed E-state index contributed by atoms with van der Waals surface area (Å²) in [7, 11) is 0. The van der Waals surface area contributed by atoms with Crippen LogP contribution in [0.3, 0.4) is 0 Å². The van der Waals surface area contributed by atoms with E-state index in [-0.39, 0.29) is 6.04 Å². The van der Waals surface area contributed by atoms with Crippen LogP contribution in [0.5, 0.6) is 0 Å². The number of alkyl halides is 3. The molecule has 20 heavy (non-hydrogen) atoms. The molecule has 1 N–H and O–H groups in total. The molecule has 5 heteroatoms. The molecule has 2 rings (SSSR count). The molecule has 1 heterocycles. The first-order chi connectivity index (χ1) is 9.50. The largest absolute Gasteiger partial charge is 0.416 e. The molecule has 1 aromatic rings. The average Bonchev–Trinajstić information content (AvgIpc) is 2.91. The lowest BCUT2D eigenvalue weighted by atomic mass is 9.92. The summed E-state index contributed by atoms with van der Waals surface area (Å²) in [5.41, 5.74) is 0.335. The Morgan fingerprint density at radius 2 is 2.00 bits per heavy atom. The highest BCUT2D eigenvalue weighted by molar-refractivity contribution is 5.25. The zero-order chi connectivity index (χ0) is 14.6. The van der Waals surface area contributed by atoms with E-state index in [1.807, 2.05) is 6.92 Å². The van der Waals surface area contributed by atoms with Gasteiger partial charge in [0.25, 0.3) is 0 Å². The first-order valence-corrected chi connectivity index (χ1v) is 6.98. The van der Waals surface area contributed by atoms with Gasteiger partial charge >= 0.3 is 6.18 Å². The summed E-state index contributed by atoms with van der Waals surface area (Å²) in [6.45, 7) is 4.40. The maximum atomic E-state index is 12.5. The molecule has 1 aromatic carbocycles. The van der Waals surface area contributed by atoms with E-state index >= 15 is 0 Å². The van der Waals surface area contributed by atoms with Crippen LogP contribution in [0.25, 0.3) is 0 Å². The molecule has 1 fully saturated rings. The number of ether oxygens (including phenoxy) is 1. The lowest BCUT2D eigenvalue weighted by Gasteiger charge is -2.23. The van der Waals surface area contributed by atoms with Gasteiger partial charge in [0.15, 0.2) is 0 Å². The summed E-state index contributed by atoms with van der Waals surface area (Å²) >= 11 is 0. The summed E-state index contributed by atoms with van der Waals surface area (Å²) in [4.78, 5) is 0. The van der Waals surface area contributed by atoms with Crippen molar-refractivity contribution >= 4 is 0 Å². The monoisotopic (exact) mass is 287 g/mol. The van der Waals surface area contributed by atoms with Crippen LogP contribution in [0.15, 0.2) is 24.3 Å². The van der Waals surface area contributed by atoms with Crippen LogP contribution < -0.4 is 5.32 Å². The summed E-state index contributed by atoms with van der Waals surface area (Å²) in [6.07, 6.45) is -2.52. The van der Waals surface area contributed by atoms with Gasteiger partial charge in [-0.15, -0.1) is 0 Å². The van der Waals surface area contributed by atoms with Crippen molar-refractivity contribution in [1.29, 1.82) is 0 Å². The molecule has 0 bridgehead atoms. The Labute approximate surface area is 117 Å². The van der Waals surface area contributed by atoms with E-state index in [2.05, 4.69) is 5.32 Å². The second kappa shape index (κ2) is 6.59. The SMILES string of the molecule is CCNC(Cc1ccc(C(F)(F)F)cc1)C1CCOC1. The number of hydrogen-bond acceptors (Lipinski definition) is 2. The number of benzene rings is 1. The second-order valence-electron chi connectivity index (χ2n) is 5.19. The first-order valence-electron chi connectivity index (χ1n) is 6.98. The molecule has 0 aromatic heterocycles. The Morgan fingerprint density at radius 3 is 2.50 bits per heavy atom. The molecule has 1 saturated heterocycles. The van der Waals surface area contributed by atoms with Crippen LogP contribution in [0, 0.1) is 5.92 Å². The van der Waals surface area contributed by atoms with Crippen molar-refractivity contribution < 1.29 is 17.9 Å². The van der Waals surface area contributed by atoms with Crippen LogP contribution in [0.4, 0.5) is 13.2 Å². The maximum Gasteiger partial charge on any atom is 0.416 e. The minimum Gasteiger partial charge on any atom is -0.381 e. The standard InChI is InChI=1S/C15H20F3NO/c1-2-19-14(12-7-8-20-10-12)9-11-3-5-13(6-4-11)15(16,17)18/h3-6,12,14,19H,2,7-10H2,1H3. The van der Waals surface area contributed by atoms with Gasteiger partial charge < -0.3 is 10.1 Å². The lowest BCUT2D eigenvalue weighted by Crippen LogP contribution is -2.38. The van der Waals surface area contributed by atoms with Gasteiger partial charge in [0.1, 0.15) is 0 Å². The Kier molecular flexibility index (Phi) is 5.05. The molecule has 2 nitrogen and oxygen atoms in total. The first kappa shape index (κ1) is 15.3. The van der Waals surface area contributed by atoms with E-state index in [0.717, 1.165) is 50.3 Å². The number of likely N-dealkylation sites (N-methyl/N-ethyl adjacent to an activating group) is 1. The number of rotatable bonds is 5. The van der Waals surface area contributed by atoms with Crippen molar-refractivity contribution in [2.24, 2.45) is 5.92 Å². The summed E-state index contributed by atoms with van der Waals surface area (Å²) in [5, 5.41) is 3.42. The average molecular weight is 287 g/mol. The third-order valence-electron chi connectivity index (χ3n) is 3.74. The van der Waals surface area contributed by atoms with Crippen molar-refractivity contribution in [3.05, 3.63) is 35.4 Å². The number of hydrogen-bond donors (Lipinski definition) is 1. The lowest BCUT2D eigenvalue weighted by molar-refractivity contribution is -0.137. The Bertz CT molecular complexity index is 410. The van der Waals surface area contributed by atoms with Gasteiger partial charge in [0.2, 0.25) is 0 Å². The summed E-state index contributed by atoms with van der Waals surface area (Å²) in [6, 6.07) is 5.72. The minimum atomic E-state index is -4.26. The molecule has 1 aliphatic rings. The van der Waals surface area contributed by atoms with E-state index in [0.29, 0.717) is 5.92 Å². The fourth-order valence-corrected chi connectivity index (χ4v) is 2.62. The van der Waals surface area contributed by atoms with Crippen molar-refractivity contribution in [2.45, 2.75) is 32.0 Å². The van der Waals surface area contributed by atoms with Gasteiger partial charge in [-0.25, -0.2) is 0 Å². The van der Waals surface area contributed by atoms with E-state index in [1.54, 1.807) is 12.1 Å². The molecule has 2 atom stereocenters. The van der Waals surface area contributed by atoms with Gasteiger partial charge in [-0.2, -0.15) is 13.2 Å². The third kappa shape index (κ3) is 3.96. The van der Waals surface area contributed by atoms with Crippen molar-refractivity contribution in [1.82, 2.24) is 5.32 Å². The Balaban J connectivity index is 2.02. The maximum absolute atomic E-state index is 12.5. The van der Waals surface area contributed by atoms with Gasteiger partial charge in [-0.05, 0) is 37.1 Å². The predicted molar refractivity (Wildman–Crippen MR) is 71.5 cm³/mol. The van der Waals surface area contributed by atoms with Crippen molar-refractivity contribution in [3.8, 4) is 0 Å². The van der Waals surface area contributed by atoms with Crippen LogP contribution in [-0.2, 0) is 17.3 Å². The molecule has 1 aliphatic heterocycles. The zero-order valence-corrected chi connectivity index (χ0v) is 11.5. The van der Waals surface area contributed by atoms with E-state index in [1.165, 1.54) is 0 Å². The fourth-order valence-electron chi connectivity index (χ4n) is 2.62. The minimum absolute atomic E-state index is 0.263. The van der Waals surface area contributed by atoms with Gasteiger partial charge in [-0.1, -0.05) is 19.1 Å². The van der Waals surface area contributed by atoms with Crippen molar-refractivity contribution in [3.63, 3.8) is 0 Å². The molecular weight excluding hydrogens is 267 g/mol. The molecule has 0 radical (unpaired) electrons. The number of halogens is 3. The number of nitrogens with one attached hydrogen (secondary N) is 1. The van der Waals surface area contributed by atoms with E-state index < -0.39 is 11.7 Å². The highest BCUT2D eigenvalue weighted by atomic mass is 19.4. The normalized spacial score (nSPS) is 21.1. The smallest absolute Gasteiger partial charge is 0.381 e. The molecule has 0 amide bonds. The molecule has 112 valence electrons. The summed E-state index contributed by atoms with van der Waals surface area (Å²) in [5.74, 6) is 0.442. The quantitative estimate of drug-likeness (QED) is 0.897. The predicted octanol–water partition coefficient (Wildman–Crippen LogP) is 3.26. The van der Waals surface area contributed by atoms with Crippen LogP contribution >= 0.6 is 0 Å². The van der Waals surface area contributed by atoms with Gasteiger partial charge in [0.05, 0.1) is 12.2 Å². The molecule has 2 unspecified atom stereocenters. The topological polar surface area (TPSA) is 21.3 Å². The van der Waals surface area contributed by atoms with E-state index in [4.69, 9.17) is 4.74 Å². The fraction of sp³-hybridized carbons (Fsp3) is 0.600. The molecule has 0 aliphatic carbocycles. The van der Waals surface area contributed by atoms with E-state index in [9.17, 15) is 13.2 Å². The van der Waals surface area contributed by atoms with Crippen molar-refractivity contribution in [2.75, 3.05) is 19.8 Å². The highest BCUT2D eigenvalue weighted by Gasteiger charge is 2.30. The van der Waals surface area contributed by atoms with Crippen LogP contribution in [0.2, 0.25) is 0 Å². The second-order valence-corrected chi connectivity index (χ2v) is 5.19. The molecule has 0 spiro atoms. The summed E-state index contributed by atoms with van der Waals surface area (Å²) < 4.78 is 43.0. The molecular formula is C15H20F3NO. The highest BCUT2D eigenvalue weighted by Crippen LogP contribution is 2.29. The zero-order valence-electron chi connectivity index (χ0n) is 11.5. The van der Waals surface area contributed by atoms with Gasteiger partial charge in [0, 0.05) is 18.6 Å². The third-order valence-corrected chi connectivity index (χ3v) is 3.74.